The Kier molecular flexibility index (Phi) is 8.48. The highest BCUT2D eigenvalue weighted by Crippen LogP contribution is 2.38. The zero-order valence-corrected chi connectivity index (χ0v) is 22.9. The van der Waals surface area contributed by atoms with Crippen molar-refractivity contribution < 1.29 is 27.4 Å². The molecule has 0 saturated carbocycles. The number of methoxy groups -OCH3 is 1. The van der Waals surface area contributed by atoms with Crippen molar-refractivity contribution in [3.8, 4) is 11.5 Å². The number of ether oxygens (including phenoxy) is 2. The second-order valence-electron chi connectivity index (χ2n) is 10.2. The number of rotatable bonds is 10. The van der Waals surface area contributed by atoms with Gasteiger partial charge in [0, 0.05) is 25.7 Å². The molecule has 1 fully saturated rings. The molecule has 2 aliphatic rings. The van der Waals surface area contributed by atoms with E-state index in [1.165, 1.54) is 26.9 Å². The van der Waals surface area contributed by atoms with Crippen LogP contribution in [0.2, 0.25) is 0 Å². The fourth-order valence-electron chi connectivity index (χ4n) is 5.35. The van der Waals surface area contributed by atoms with Crippen LogP contribution in [0.1, 0.15) is 42.5 Å². The molecule has 9 nitrogen and oxygen atoms in total. The standard InChI is InChI=1S/C29H33F3N6O3/c1-18(39)34-26-21-8-4-3-7-19(21)15-24(26)35-27-22(29(30,31)32)17-33-28(37-27)36-23-10-9-20(16-25(23)40-2)41-14-13-38-11-5-6-12-38/h3-4,7-10,16-17,24,26H,5-6,11-15H2,1-2H3,(H,34,39)(H2,33,35,36,37)/t24-,26-/m1/s1. The zero-order chi connectivity index (χ0) is 29.0. The Morgan fingerprint density at radius 2 is 1.93 bits per heavy atom. The van der Waals surface area contributed by atoms with E-state index in [4.69, 9.17) is 9.47 Å². The lowest BCUT2D eigenvalue weighted by atomic mass is 10.1. The van der Waals surface area contributed by atoms with Crippen molar-refractivity contribution >= 4 is 23.4 Å². The van der Waals surface area contributed by atoms with Crippen LogP contribution in [-0.4, -0.2) is 60.2 Å². The van der Waals surface area contributed by atoms with Crippen molar-refractivity contribution in [2.45, 2.75) is 44.4 Å². The smallest absolute Gasteiger partial charge is 0.421 e. The summed E-state index contributed by atoms with van der Waals surface area (Å²) in [5, 5.41) is 8.77. The van der Waals surface area contributed by atoms with E-state index in [1.807, 2.05) is 24.3 Å². The Labute approximate surface area is 236 Å². The lowest BCUT2D eigenvalue weighted by molar-refractivity contribution is -0.137. The molecule has 1 aromatic heterocycles. The number of alkyl halides is 3. The van der Waals surface area contributed by atoms with Crippen molar-refractivity contribution in [3.63, 3.8) is 0 Å². The third-order valence-electron chi connectivity index (χ3n) is 7.30. The van der Waals surface area contributed by atoms with Crippen LogP contribution >= 0.6 is 0 Å². The van der Waals surface area contributed by atoms with Gasteiger partial charge in [0.1, 0.15) is 29.5 Å². The molecule has 3 aromatic rings. The molecular weight excluding hydrogens is 537 g/mol. The molecule has 2 heterocycles. The second kappa shape index (κ2) is 12.2. The van der Waals surface area contributed by atoms with Gasteiger partial charge in [-0.25, -0.2) is 4.98 Å². The number of benzene rings is 2. The Morgan fingerprint density at radius 3 is 2.66 bits per heavy atom. The van der Waals surface area contributed by atoms with Crippen molar-refractivity contribution in [1.29, 1.82) is 0 Å². The average Bonchev–Trinajstić information content (AvgIpc) is 3.57. The van der Waals surface area contributed by atoms with Gasteiger partial charge in [0.25, 0.3) is 0 Å². The van der Waals surface area contributed by atoms with Gasteiger partial charge in [0.15, 0.2) is 0 Å². The number of nitrogens with one attached hydrogen (secondary N) is 3. The maximum absolute atomic E-state index is 14.0. The molecule has 2 atom stereocenters. The zero-order valence-electron chi connectivity index (χ0n) is 22.9. The lowest BCUT2D eigenvalue weighted by Gasteiger charge is -2.24. The SMILES string of the molecule is COc1cc(OCCN2CCCC2)ccc1Nc1ncc(C(F)(F)F)c(N[C@@H]2Cc3ccccc3[C@H]2NC(C)=O)n1. The molecule has 0 radical (unpaired) electrons. The van der Waals surface area contributed by atoms with Crippen molar-refractivity contribution in [3.05, 3.63) is 65.4 Å². The van der Waals surface area contributed by atoms with Crippen molar-refractivity contribution in [1.82, 2.24) is 20.2 Å². The number of likely N-dealkylation sites (tertiary alicyclic amines) is 1. The van der Waals surface area contributed by atoms with E-state index in [1.54, 1.807) is 18.2 Å². The number of fused-ring (bicyclic) bond motifs is 1. The van der Waals surface area contributed by atoms with Crippen LogP contribution in [0, 0.1) is 0 Å². The number of carbonyl (C=O) groups is 1. The van der Waals surface area contributed by atoms with E-state index in [0.29, 0.717) is 30.2 Å². The second-order valence-corrected chi connectivity index (χ2v) is 10.2. The Morgan fingerprint density at radius 1 is 1.15 bits per heavy atom. The van der Waals surface area contributed by atoms with E-state index >= 15 is 0 Å². The Balaban J connectivity index is 1.35. The summed E-state index contributed by atoms with van der Waals surface area (Å²) in [5.41, 5.74) is 1.26. The molecule has 0 spiro atoms. The highest BCUT2D eigenvalue weighted by Gasteiger charge is 2.39. The maximum Gasteiger partial charge on any atom is 0.421 e. The summed E-state index contributed by atoms with van der Waals surface area (Å²) < 4.78 is 53.3. The first kappa shape index (κ1) is 28.5. The maximum atomic E-state index is 14.0. The molecule has 218 valence electrons. The summed E-state index contributed by atoms with van der Waals surface area (Å²) in [6.45, 7) is 4.93. The number of hydrogen-bond acceptors (Lipinski definition) is 8. The van der Waals surface area contributed by atoms with Crippen LogP contribution in [0.4, 0.5) is 30.6 Å². The largest absolute Gasteiger partial charge is 0.494 e. The number of halogens is 3. The topological polar surface area (TPSA) is 101 Å². The minimum absolute atomic E-state index is 0.0481. The van der Waals surface area contributed by atoms with Crippen LogP contribution in [0.5, 0.6) is 11.5 Å². The molecule has 0 unspecified atom stereocenters. The minimum Gasteiger partial charge on any atom is -0.494 e. The van der Waals surface area contributed by atoms with E-state index in [-0.39, 0.29) is 17.7 Å². The molecule has 2 aromatic carbocycles. The predicted octanol–water partition coefficient (Wildman–Crippen LogP) is 4.94. The van der Waals surface area contributed by atoms with Crippen LogP contribution in [0.25, 0.3) is 0 Å². The molecule has 3 N–H and O–H groups in total. The fraction of sp³-hybridized carbons (Fsp3) is 0.414. The predicted molar refractivity (Wildman–Crippen MR) is 149 cm³/mol. The fourth-order valence-corrected chi connectivity index (χ4v) is 5.35. The molecule has 1 amide bonds. The van der Waals surface area contributed by atoms with Crippen LogP contribution in [0.3, 0.4) is 0 Å². The monoisotopic (exact) mass is 570 g/mol. The van der Waals surface area contributed by atoms with Gasteiger partial charge >= 0.3 is 6.18 Å². The highest BCUT2D eigenvalue weighted by atomic mass is 19.4. The third-order valence-corrected chi connectivity index (χ3v) is 7.30. The average molecular weight is 571 g/mol. The van der Waals surface area contributed by atoms with Crippen LogP contribution < -0.4 is 25.4 Å². The van der Waals surface area contributed by atoms with Gasteiger partial charge in [-0.15, -0.1) is 0 Å². The molecule has 1 aliphatic heterocycles. The summed E-state index contributed by atoms with van der Waals surface area (Å²) in [6.07, 6.45) is -1.11. The third kappa shape index (κ3) is 6.82. The summed E-state index contributed by atoms with van der Waals surface area (Å²) in [7, 11) is 1.50. The summed E-state index contributed by atoms with van der Waals surface area (Å²) >= 11 is 0. The molecule has 0 bridgehead atoms. The van der Waals surface area contributed by atoms with Gasteiger partial charge in [-0.3, -0.25) is 9.69 Å². The first-order chi connectivity index (χ1) is 19.7. The van der Waals surface area contributed by atoms with E-state index in [9.17, 15) is 18.0 Å². The Hall–Kier alpha value is -4.06. The Bertz CT molecular complexity index is 1380. The number of nitrogens with zero attached hydrogens (tertiary/aromatic N) is 3. The molecule has 5 rings (SSSR count). The van der Waals surface area contributed by atoms with Gasteiger partial charge < -0.3 is 25.4 Å². The molecule has 1 aliphatic carbocycles. The summed E-state index contributed by atoms with van der Waals surface area (Å²) in [5.74, 6) is 0.331. The van der Waals surface area contributed by atoms with E-state index < -0.39 is 23.8 Å². The normalized spacial score (nSPS) is 18.6. The van der Waals surface area contributed by atoms with E-state index in [0.717, 1.165) is 37.0 Å². The number of amides is 1. The van der Waals surface area contributed by atoms with Crippen molar-refractivity contribution in [2.24, 2.45) is 0 Å². The summed E-state index contributed by atoms with van der Waals surface area (Å²) in [6, 6.07) is 11.6. The minimum atomic E-state index is -4.69. The van der Waals surface area contributed by atoms with Crippen LogP contribution in [-0.2, 0) is 17.4 Å². The quantitative estimate of drug-likeness (QED) is 0.315. The molecular formula is C29H33F3N6O3. The summed E-state index contributed by atoms with van der Waals surface area (Å²) in [4.78, 5) is 22.4. The van der Waals surface area contributed by atoms with Gasteiger partial charge in [0.2, 0.25) is 11.9 Å². The van der Waals surface area contributed by atoms with Crippen molar-refractivity contribution in [2.75, 3.05) is 44.0 Å². The number of aromatic nitrogens is 2. The van der Waals surface area contributed by atoms with Gasteiger partial charge in [-0.05, 0) is 55.6 Å². The van der Waals surface area contributed by atoms with E-state index in [2.05, 4.69) is 30.8 Å². The lowest BCUT2D eigenvalue weighted by Crippen LogP contribution is -2.37. The first-order valence-corrected chi connectivity index (χ1v) is 13.6. The number of carbonyl (C=O) groups excluding carboxylic acids is 1. The van der Waals surface area contributed by atoms with Crippen LogP contribution in [0.15, 0.2) is 48.7 Å². The van der Waals surface area contributed by atoms with Gasteiger partial charge in [-0.1, -0.05) is 24.3 Å². The highest BCUT2D eigenvalue weighted by molar-refractivity contribution is 5.74. The first-order valence-electron chi connectivity index (χ1n) is 13.6. The number of hydrogen-bond donors (Lipinski definition) is 3. The van der Waals surface area contributed by atoms with Gasteiger partial charge in [-0.2, -0.15) is 18.2 Å². The number of anilines is 3. The molecule has 12 heteroatoms. The molecule has 1 saturated heterocycles. The molecule has 41 heavy (non-hydrogen) atoms. The van der Waals surface area contributed by atoms with Gasteiger partial charge in [0.05, 0.1) is 24.9 Å².